The molecule has 0 radical (unpaired) electrons. The molecule has 2 aromatic rings. The highest BCUT2D eigenvalue weighted by Gasteiger charge is 2.29. The number of pyridine rings is 1. The molecule has 0 amide bonds. The largest absolute Gasteiger partial charge is 0.325 e. The van der Waals surface area contributed by atoms with Gasteiger partial charge in [-0.3, -0.25) is 0 Å². The Kier molecular flexibility index (Phi) is 1.89. The van der Waals surface area contributed by atoms with Crippen LogP contribution in [0.15, 0.2) is 18.3 Å². The van der Waals surface area contributed by atoms with E-state index in [1.807, 2.05) is 4.52 Å². The lowest BCUT2D eigenvalue weighted by atomic mass is 9.82. The Morgan fingerprint density at radius 1 is 1.44 bits per heavy atom. The maximum Gasteiger partial charge on any atom is 0.0697 e. The monoisotopic (exact) mass is 215 g/mol. The second-order valence-corrected chi connectivity index (χ2v) is 5.29. The van der Waals surface area contributed by atoms with Gasteiger partial charge in [0.25, 0.3) is 0 Å². The maximum absolute atomic E-state index is 6.24. The number of aryl methyl sites for hydroxylation is 2. The van der Waals surface area contributed by atoms with Crippen LogP contribution in [0.2, 0.25) is 0 Å². The van der Waals surface area contributed by atoms with E-state index in [1.165, 1.54) is 22.3 Å². The molecular weight excluding hydrogens is 198 g/mol. The van der Waals surface area contributed by atoms with Gasteiger partial charge in [0, 0.05) is 17.3 Å². The van der Waals surface area contributed by atoms with Crippen LogP contribution in [0.4, 0.5) is 0 Å². The van der Waals surface area contributed by atoms with Crippen molar-refractivity contribution in [2.24, 2.45) is 5.73 Å². The summed E-state index contributed by atoms with van der Waals surface area (Å²) < 4.78 is 2.00. The van der Waals surface area contributed by atoms with E-state index in [1.54, 1.807) is 0 Å². The van der Waals surface area contributed by atoms with Crippen LogP contribution in [0.5, 0.6) is 0 Å². The zero-order chi connectivity index (χ0) is 11.3. The third-order valence-corrected chi connectivity index (χ3v) is 3.48. The second-order valence-electron chi connectivity index (χ2n) is 5.29. The van der Waals surface area contributed by atoms with Gasteiger partial charge in [-0.1, -0.05) is 6.07 Å². The van der Waals surface area contributed by atoms with Crippen LogP contribution >= 0.6 is 0 Å². The number of rotatable bonds is 0. The van der Waals surface area contributed by atoms with Crippen molar-refractivity contribution in [1.29, 1.82) is 0 Å². The zero-order valence-corrected chi connectivity index (χ0v) is 9.83. The molecule has 1 unspecified atom stereocenters. The molecule has 3 heteroatoms. The number of hydrogen-bond acceptors (Lipinski definition) is 2. The van der Waals surface area contributed by atoms with Gasteiger partial charge >= 0.3 is 0 Å². The first kappa shape index (κ1) is 9.85. The van der Waals surface area contributed by atoms with E-state index in [-0.39, 0.29) is 5.54 Å². The van der Waals surface area contributed by atoms with Gasteiger partial charge in [-0.05, 0) is 44.7 Å². The molecule has 0 saturated carbocycles. The van der Waals surface area contributed by atoms with Crippen molar-refractivity contribution >= 4 is 5.52 Å². The van der Waals surface area contributed by atoms with Gasteiger partial charge in [-0.2, -0.15) is 5.10 Å². The summed E-state index contributed by atoms with van der Waals surface area (Å²) in [6, 6.07) is 4.29. The van der Waals surface area contributed by atoms with Crippen molar-refractivity contribution in [3.8, 4) is 0 Å². The minimum atomic E-state index is -0.0680. The summed E-state index contributed by atoms with van der Waals surface area (Å²) in [7, 11) is 0. The first-order valence-corrected chi connectivity index (χ1v) is 5.81. The molecule has 16 heavy (non-hydrogen) atoms. The summed E-state index contributed by atoms with van der Waals surface area (Å²) in [6.07, 6.45) is 5.06. The molecule has 0 spiro atoms. The molecule has 3 nitrogen and oxygen atoms in total. The van der Waals surface area contributed by atoms with E-state index in [0.717, 1.165) is 19.3 Å². The third kappa shape index (κ3) is 1.43. The molecule has 0 bridgehead atoms. The topological polar surface area (TPSA) is 43.3 Å². The van der Waals surface area contributed by atoms with E-state index in [2.05, 4.69) is 37.3 Å². The average Bonchev–Trinajstić information content (AvgIpc) is 2.53. The fraction of sp³-hybridized carbons (Fsp3) is 0.462. The van der Waals surface area contributed by atoms with E-state index >= 15 is 0 Å². The molecule has 0 aliphatic heterocycles. The molecule has 1 atom stereocenters. The second kappa shape index (κ2) is 3.08. The summed E-state index contributed by atoms with van der Waals surface area (Å²) in [5, 5.41) is 4.64. The highest BCUT2D eigenvalue weighted by molar-refractivity contribution is 5.58. The van der Waals surface area contributed by atoms with Crippen LogP contribution < -0.4 is 5.73 Å². The summed E-state index contributed by atoms with van der Waals surface area (Å²) in [5.74, 6) is 0. The lowest BCUT2D eigenvalue weighted by Crippen LogP contribution is -2.41. The van der Waals surface area contributed by atoms with Crippen molar-refractivity contribution in [3.63, 3.8) is 0 Å². The van der Waals surface area contributed by atoms with Gasteiger partial charge in [0.1, 0.15) is 0 Å². The molecule has 2 N–H and O–H groups in total. The van der Waals surface area contributed by atoms with Crippen molar-refractivity contribution in [1.82, 2.24) is 9.61 Å². The van der Waals surface area contributed by atoms with Gasteiger partial charge in [-0.25, -0.2) is 4.52 Å². The van der Waals surface area contributed by atoms with Crippen LogP contribution in [0.3, 0.4) is 0 Å². The highest BCUT2D eigenvalue weighted by atomic mass is 15.2. The normalized spacial score (nSPS) is 24.7. The van der Waals surface area contributed by atoms with E-state index in [0.29, 0.717) is 0 Å². The van der Waals surface area contributed by atoms with Crippen LogP contribution in [-0.2, 0) is 12.8 Å². The third-order valence-electron chi connectivity index (χ3n) is 3.48. The average molecular weight is 215 g/mol. The number of nitrogens with zero attached hydrogens (tertiary/aromatic N) is 2. The summed E-state index contributed by atoms with van der Waals surface area (Å²) in [5.41, 5.74) is 11.2. The van der Waals surface area contributed by atoms with Crippen molar-refractivity contribution in [3.05, 3.63) is 35.2 Å². The minimum Gasteiger partial charge on any atom is -0.325 e. The van der Waals surface area contributed by atoms with E-state index in [9.17, 15) is 0 Å². The van der Waals surface area contributed by atoms with Gasteiger partial charge in [-0.15, -0.1) is 0 Å². The Labute approximate surface area is 95.3 Å². The Balaban J connectivity index is 2.22. The van der Waals surface area contributed by atoms with Crippen LogP contribution in [0.1, 0.15) is 30.2 Å². The number of hydrogen-bond donors (Lipinski definition) is 1. The lowest BCUT2D eigenvalue weighted by Gasteiger charge is -2.28. The highest BCUT2D eigenvalue weighted by Crippen LogP contribution is 2.29. The van der Waals surface area contributed by atoms with Gasteiger partial charge in [0.05, 0.1) is 11.2 Å². The molecule has 2 heterocycles. The number of nitrogens with two attached hydrogens (primary N) is 1. The minimum absolute atomic E-state index is 0.0680. The smallest absolute Gasteiger partial charge is 0.0697 e. The summed E-state index contributed by atoms with van der Waals surface area (Å²) in [4.78, 5) is 0. The predicted octanol–water partition coefficient (Wildman–Crippen LogP) is 1.85. The summed E-state index contributed by atoms with van der Waals surface area (Å²) >= 11 is 0. The van der Waals surface area contributed by atoms with Crippen LogP contribution in [-0.4, -0.2) is 15.2 Å². The van der Waals surface area contributed by atoms with Crippen molar-refractivity contribution in [2.75, 3.05) is 0 Å². The Bertz CT molecular complexity index is 552. The lowest BCUT2D eigenvalue weighted by molar-refractivity contribution is 0.407. The van der Waals surface area contributed by atoms with E-state index in [4.69, 9.17) is 5.73 Å². The fourth-order valence-corrected chi connectivity index (χ4v) is 2.54. The van der Waals surface area contributed by atoms with Gasteiger partial charge < -0.3 is 5.73 Å². The SMILES string of the molecule is Cc1ccc2c3c(nn2c1)CCC(C)(N)C3. The Morgan fingerprint density at radius 2 is 2.25 bits per heavy atom. The van der Waals surface area contributed by atoms with E-state index < -0.39 is 0 Å². The predicted molar refractivity (Wildman–Crippen MR) is 64.5 cm³/mol. The Morgan fingerprint density at radius 3 is 3.06 bits per heavy atom. The first-order chi connectivity index (χ1) is 7.55. The Hall–Kier alpha value is -1.35. The van der Waals surface area contributed by atoms with Crippen molar-refractivity contribution < 1.29 is 0 Å². The molecule has 1 aliphatic carbocycles. The molecule has 84 valence electrons. The van der Waals surface area contributed by atoms with Crippen LogP contribution in [0, 0.1) is 6.92 Å². The standard InChI is InChI=1S/C13H17N3/c1-9-3-4-12-10-7-13(2,14)6-5-11(10)15-16(12)8-9/h3-4,8H,5-7,14H2,1-2H3. The number of fused-ring (bicyclic) bond motifs is 3. The molecule has 0 saturated heterocycles. The van der Waals surface area contributed by atoms with Gasteiger partial charge in [0.2, 0.25) is 0 Å². The van der Waals surface area contributed by atoms with Crippen molar-refractivity contribution in [2.45, 2.75) is 38.6 Å². The fourth-order valence-electron chi connectivity index (χ4n) is 2.54. The van der Waals surface area contributed by atoms with Gasteiger partial charge in [0.15, 0.2) is 0 Å². The van der Waals surface area contributed by atoms with Crippen LogP contribution in [0.25, 0.3) is 5.52 Å². The quantitative estimate of drug-likeness (QED) is 0.728. The summed E-state index contributed by atoms with van der Waals surface area (Å²) in [6.45, 7) is 4.22. The zero-order valence-electron chi connectivity index (χ0n) is 9.83. The molecule has 2 aromatic heterocycles. The molecule has 1 aliphatic rings. The first-order valence-electron chi connectivity index (χ1n) is 5.81. The number of aromatic nitrogens is 2. The molecular formula is C13H17N3. The molecule has 0 aromatic carbocycles. The maximum atomic E-state index is 6.24. The molecule has 3 rings (SSSR count). The molecule has 0 fully saturated rings.